The first-order valence-corrected chi connectivity index (χ1v) is 10.1. The van der Waals surface area contributed by atoms with Crippen molar-refractivity contribution >= 4 is 38.9 Å². The predicted molar refractivity (Wildman–Crippen MR) is 105 cm³/mol. The first-order chi connectivity index (χ1) is 12.2. The highest BCUT2D eigenvalue weighted by molar-refractivity contribution is 7.92. The third-order valence-corrected chi connectivity index (χ3v) is 5.92. The topological polar surface area (TPSA) is 64.0 Å². The van der Waals surface area contributed by atoms with E-state index in [9.17, 15) is 8.42 Å². The van der Waals surface area contributed by atoms with E-state index in [4.69, 9.17) is 23.2 Å². The maximum Gasteiger partial charge on any atom is 0.263 e. The van der Waals surface area contributed by atoms with Crippen LogP contribution in [-0.2, 0) is 16.6 Å². The van der Waals surface area contributed by atoms with Gasteiger partial charge in [-0.3, -0.25) is 9.40 Å². The van der Waals surface area contributed by atoms with Crippen LogP contribution in [0, 0.1) is 13.8 Å². The highest BCUT2D eigenvalue weighted by Gasteiger charge is 2.18. The van der Waals surface area contributed by atoms with E-state index in [1.165, 1.54) is 18.2 Å². The summed E-state index contributed by atoms with van der Waals surface area (Å²) in [6.07, 6.45) is 0. The molecule has 0 saturated carbocycles. The standard InChI is InChI=1S/C18H17Cl2N3O2S/c1-12-9-13(2)23(21-12)11-14-3-6-16(7-4-14)22-26(24,25)18-10-15(19)5-8-17(18)20/h3-10,22H,11H2,1-2H3. The lowest BCUT2D eigenvalue weighted by Gasteiger charge is -2.11. The minimum atomic E-state index is -3.83. The van der Waals surface area contributed by atoms with Crippen LogP contribution in [0.15, 0.2) is 53.4 Å². The molecule has 0 fully saturated rings. The first kappa shape index (κ1) is 18.8. The van der Waals surface area contributed by atoms with Crippen molar-refractivity contribution in [3.8, 4) is 0 Å². The van der Waals surface area contributed by atoms with E-state index in [1.54, 1.807) is 12.1 Å². The molecule has 26 heavy (non-hydrogen) atoms. The van der Waals surface area contributed by atoms with Gasteiger partial charge < -0.3 is 0 Å². The Hall–Kier alpha value is -2.02. The van der Waals surface area contributed by atoms with Crippen molar-refractivity contribution in [2.75, 3.05) is 4.72 Å². The van der Waals surface area contributed by atoms with Crippen LogP contribution in [0.2, 0.25) is 10.0 Å². The highest BCUT2D eigenvalue weighted by Crippen LogP contribution is 2.27. The van der Waals surface area contributed by atoms with Crippen molar-refractivity contribution < 1.29 is 8.42 Å². The van der Waals surface area contributed by atoms with Crippen LogP contribution in [0.25, 0.3) is 0 Å². The van der Waals surface area contributed by atoms with Crippen molar-refractivity contribution in [1.29, 1.82) is 0 Å². The van der Waals surface area contributed by atoms with Crippen LogP contribution in [0.5, 0.6) is 0 Å². The SMILES string of the molecule is Cc1cc(C)n(Cc2ccc(NS(=O)(=O)c3cc(Cl)ccc3Cl)cc2)n1. The van der Waals surface area contributed by atoms with Crippen molar-refractivity contribution in [3.63, 3.8) is 0 Å². The lowest BCUT2D eigenvalue weighted by Crippen LogP contribution is -2.13. The third-order valence-electron chi connectivity index (χ3n) is 3.82. The molecule has 0 atom stereocenters. The molecular weight excluding hydrogens is 393 g/mol. The fourth-order valence-corrected chi connectivity index (χ4v) is 4.40. The largest absolute Gasteiger partial charge is 0.280 e. The number of aromatic nitrogens is 2. The van der Waals surface area contributed by atoms with E-state index >= 15 is 0 Å². The number of hydrogen-bond acceptors (Lipinski definition) is 3. The predicted octanol–water partition coefficient (Wildman–Crippen LogP) is 4.66. The van der Waals surface area contributed by atoms with E-state index in [-0.39, 0.29) is 9.92 Å². The molecular formula is C18H17Cl2N3O2S. The van der Waals surface area contributed by atoms with Gasteiger partial charge in [-0.25, -0.2) is 8.42 Å². The van der Waals surface area contributed by atoms with Gasteiger partial charge in [-0.2, -0.15) is 5.10 Å². The smallest absolute Gasteiger partial charge is 0.263 e. The molecule has 0 aliphatic heterocycles. The van der Waals surface area contributed by atoms with Gasteiger partial charge in [0.2, 0.25) is 0 Å². The number of nitrogens with one attached hydrogen (secondary N) is 1. The molecule has 0 bridgehead atoms. The molecule has 136 valence electrons. The molecule has 0 saturated heterocycles. The quantitative estimate of drug-likeness (QED) is 0.666. The second-order valence-corrected chi connectivity index (χ2v) is 8.46. The molecule has 1 heterocycles. The molecule has 0 aliphatic rings. The molecule has 1 aromatic heterocycles. The van der Waals surface area contributed by atoms with E-state index in [2.05, 4.69) is 9.82 Å². The van der Waals surface area contributed by atoms with Gasteiger partial charge >= 0.3 is 0 Å². The van der Waals surface area contributed by atoms with Gasteiger partial charge in [0.05, 0.1) is 17.3 Å². The second-order valence-electron chi connectivity index (χ2n) is 5.96. The monoisotopic (exact) mass is 409 g/mol. The number of halogens is 2. The summed E-state index contributed by atoms with van der Waals surface area (Å²) in [6.45, 7) is 4.56. The van der Waals surface area contributed by atoms with Gasteiger partial charge in [-0.1, -0.05) is 35.3 Å². The molecule has 5 nitrogen and oxygen atoms in total. The average molecular weight is 410 g/mol. The van der Waals surface area contributed by atoms with Crippen molar-refractivity contribution in [1.82, 2.24) is 9.78 Å². The summed E-state index contributed by atoms with van der Waals surface area (Å²) in [7, 11) is -3.83. The molecule has 0 unspecified atom stereocenters. The number of hydrogen-bond donors (Lipinski definition) is 1. The summed E-state index contributed by atoms with van der Waals surface area (Å²) in [5, 5.41) is 4.84. The molecule has 1 N–H and O–H groups in total. The van der Waals surface area contributed by atoms with Crippen LogP contribution < -0.4 is 4.72 Å². The second kappa shape index (κ2) is 7.31. The Morgan fingerprint density at radius 1 is 1.04 bits per heavy atom. The number of rotatable bonds is 5. The van der Waals surface area contributed by atoms with E-state index in [1.807, 2.05) is 36.7 Å². The van der Waals surface area contributed by atoms with Gasteiger partial charge in [-0.15, -0.1) is 0 Å². The zero-order valence-electron chi connectivity index (χ0n) is 14.2. The summed E-state index contributed by atoms with van der Waals surface area (Å²) in [4.78, 5) is -0.0571. The van der Waals surface area contributed by atoms with Crippen LogP contribution in [0.4, 0.5) is 5.69 Å². The molecule has 2 aromatic carbocycles. The Balaban J connectivity index is 1.78. The maximum absolute atomic E-state index is 12.5. The van der Waals surface area contributed by atoms with E-state index in [0.717, 1.165) is 17.0 Å². The molecule has 0 spiro atoms. The van der Waals surface area contributed by atoms with Gasteiger partial charge in [-0.05, 0) is 55.8 Å². The Bertz CT molecular complexity index is 1040. The Morgan fingerprint density at radius 2 is 1.73 bits per heavy atom. The summed E-state index contributed by atoms with van der Waals surface area (Å²) in [6, 6.07) is 13.4. The summed E-state index contributed by atoms with van der Waals surface area (Å²) in [5.74, 6) is 0. The lowest BCUT2D eigenvalue weighted by molar-refractivity contribution is 0.601. The number of aryl methyl sites for hydroxylation is 2. The fourth-order valence-electron chi connectivity index (χ4n) is 2.58. The third kappa shape index (κ3) is 4.20. The van der Waals surface area contributed by atoms with Crippen LogP contribution in [0.3, 0.4) is 0 Å². The van der Waals surface area contributed by atoms with Gasteiger partial charge in [0, 0.05) is 16.4 Å². The first-order valence-electron chi connectivity index (χ1n) is 7.82. The minimum absolute atomic E-state index is 0.0571. The Morgan fingerprint density at radius 3 is 2.35 bits per heavy atom. The fraction of sp³-hybridized carbons (Fsp3) is 0.167. The summed E-state index contributed by atoms with van der Waals surface area (Å²) < 4.78 is 29.5. The highest BCUT2D eigenvalue weighted by atomic mass is 35.5. The Kier molecular flexibility index (Phi) is 5.27. The van der Waals surface area contributed by atoms with Crippen molar-refractivity contribution in [3.05, 3.63) is 75.5 Å². The number of benzene rings is 2. The maximum atomic E-state index is 12.5. The molecule has 0 amide bonds. The van der Waals surface area contributed by atoms with Crippen LogP contribution >= 0.6 is 23.2 Å². The zero-order valence-corrected chi connectivity index (χ0v) is 16.5. The van der Waals surface area contributed by atoms with E-state index in [0.29, 0.717) is 17.3 Å². The van der Waals surface area contributed by atoms with Crippen molar-refractivity contribution in [2.24, 2.45) is 0 Å². The van der Waals surface area contributed by atoms with Crippen LogP contribution in [-0.4, -0.2) is 18.2 Å². The molecule has 0 radical (unpaired) electrons. The summed E-state index contributed by atoms with van der Waals surface area (Å²) in [5.41, 5.74) is 3.49. The molecule has 3 rings (SSSR count). The van der Waals surface area contributed by atoms with Gasteiger partial charge in [0.15, 0.2) is 0 Å². The van der Waals surface area contributed by atoms with Gasteiger partial charge in [0.25, 0.3) is 10.0 Å². The number of sulfonamides is 1. The molecule has 8 heteroatoms. The number of anilines is 1. The number of nitrogens with zero attached hydrogens (tertiary/aromatic N) is 2. The lowest BCUT2D eigenvalue weighted by atomic mass is 10.2. The van der Waals surface area contributed by atoms with Crippen molar-refractivity contribution in [2.45, 2.75) is 25.3 Å². The summed E-state index contributed by atoms with van der Waals surface area (Å²) >= 11 is 11.9. The average Bonchev–Trinajstić information content (AvgIpc) is 2.88. The normalized spacial score (nSPS) is 11.5. The minimum Gasteiger partial charge on any atom is -0.280 e. The molecule has 0 aliphatic carbocycles. The Labute approximate surface area is 162 Å². The van der Waals surface area contributed by atoms with Crippen LogP contribution in [0.1, 0.15) is 17.0 Å². The molecule has 3 aromatic rings. The van der Waals surface area contributed by atoms with Gasteiger partial charge in [0.1, 0.15) is 4.90 Å². The zero-order chi connectivity index (χ0) is 18.9. The van der Waals surface area contributed by atoms with E-state index < -0.39 is 10.0 Å².